The standard InChI is InChI=1S/C7H10N2Si/c8-7(9)5-3-1-2-4-6(5)10/h1-4H,10H3,(H3,8,9). The number of rotatable bonds is 1. The molecule has 0 heterocycles. The zero-order valence-corrected chi connectivity index (χ0v) is 7.89. The second kappa shape index (κ2) is 2.66. The average molecular weight is 150 g/mol. The van der Waals surface area contributed by atoms with Crippen LogP contribution in [0.5, 0.6) is 0 Å². The van der Waals surface area contributed by atoms with Crippen LogP contribution in [-0.2, 0) is 0 Å². The van der Waals surface area contributed by atoms with Crippen LogP contribution in [-0.4, -0.2) is 16.1 Å². The Hall–Kier alpha value is -1.09. The molecule has 1 aromatic carbocycles. The van der Waals surface area contributed by atoms with Crippen LogP contribution >= 0.6 is 0 Å². The van der Waals surface area contributed by atoms with E-state index >= 15 is 0 Å². The molecule has 3 N–H and O–H groups in total. The van der Waals surface area contributed by atoms with Gasteiger partial charge in [-0.25, -0.2) is 0 Å². The van der Waals surface area contributed by atoms with Gasteiger partial charge < -0.3 is 5.73 Å². The summed E-state index contributed by atoms with van der Waals surface area (Å²) in [5.74, 6) is 0.172. The fourth-order valence-electron chi connectivity index (χ4n) is 0.875. The predicted octanol–water partition coefficient (Wildman–Crippen LogP) is -1.04. The monoisotopic (exact) mass is 150 g/mol. The molecule has 0 aliphatic rings. The van der Waals surface area contributed by atoms with Crippen molar-refractivity contribution in [3.63, 3.8) is 0 Å². The summed E-state index contributed by atoms with van der Waals surface area (Å²) in [6, 6.07) is 7.75. The molecule has 0 saturated heterocycles. The fourth-order valence-corrected chi connectivity index (χ4v) is 1.50. The summed E-state index contributed by atoms with van der Waals surface area (Å²) >= 11 is 0. The number of nitrogens with two attached hydrogens (primary N) is 1. The molecule has 0 aliphatic heterocycles. The highest BCUT2D eigenvalue weighted by atomic mass is 28.1. The third kappa shape index (κ3) is 1.25. The second-order valence-electron chi connectivity index (χ2n) is 2.23. The Balaban J connectivity index is 3.15. The van der Waals surface area contributed by atoms with Crippen molar-refractivity contribution in [1.82, 2.24) is 0 Å². The molecule has 1 aromatic rings. The van der Waals surface area contributed by atoms with E-state index in [0.29, 0.717) is 0 Å². The summed E-state index contributed by atoms with van der Waals surface area (Å²) in [6.45, 7) is 0. The minimum atomic E-state index is 0.172. The summed E-state index contributed by atoms with van der Waals surface area (Å²) in [6.07, 6.45) is 0. The van der Waals surface area contributed by atoms with Crippen molar-refractivity contribution in [2.45, 2.75) is 0 Å². The first-order chi connectivity index (χ1) is 4.72. The van der Waals surface area contributed by atoms with E-state index in [1.807, 2.05) is 24.3 Å². The Labute approximate surface area is 63.0 Å². The zero-order valence-electron chi connectivity index (χ0n) is 5.89. The first-order valence-corrected chi connectivity index (χ1v) is 4.12. The van der Waals surface area contributed by atoms with Crippen molar-refractivity contribution < 1.29 is 0 Å². The summed E-state index contributed by atoms with van der Waals surface area (Å²) in [5, 5.41) is 8.37. The Morgan fingerprint density at radius 1 is 1.40 bits per heavy atom. The molecular formula is C7H10N2Si. The van der Waals surface area contributed by atoms with E-state index in [9.17, 15) is 0 Å². The highest BCUT2D eigenvalue weighted by molar-refractivity contribution is 6.36. The molecule has 0 amide bonds. The second-order valence-corrected chi connectivity index (χ2v) is 3.31. The van der Waals surface area contributed by atoms with E-state index < -0.39 is 0 Å². The largest absolute Gasteiger partial charge is 0.384 e. The van der Waals surface area contributed by atoms with E-state index in [0.717, 1.165) is 15.8 Å². The maximum atomic E-state index is 7.18. The molecule has 0 spiro atoms. The molecule has 10 heavy (non-hydrogen) atoms. The molecule has 1 rings (SSSR count). The summed E-state index contributed by atoms with van der Waals surface area (Å²) in [7, 11) is 0.952. The van der Waals surface area contributed by atoms with Gasteiger partial charge in [-0.2, -0.15) is 0 Å². The van der Waals surface area contributed by atoms with Gasteiger partial charge in [0.15, 0.2) is 0 Å². The minimum absolute atomic E-state index is 0.172. The molecule has 2 nitrogen and oxygen atoms in total. The van der Waals surface area contributed by atoms with E-state index in [1.54, 1.807) is 0 Å². The first kappa shape index (κ1) is 7.02. The smallest absolute Gasteiger partial charge is 0.122 e. The van der Waals surface area contributed by atoms with Gasteiger partial charge in [0.1, 0.15) is 5.84 Å². The number of nitrogens with one attached hydrogen (secondary N) is 1. The van der Waals surface area contributed by atoms with Crippen LogP contribution in [0, 0.1) is 5.41 Å². The lowest BCUT2D eigenvalue weighted by molar-refractivity contribution is 1.44. The number of nitrogen functional groups attached to an aromatic ring is 1. The van der Waals surface area contributed by atoms with Gasteiger partial charge in [-0.3, -0.25) is 5.41 Å². The van der Waals surface area contributed by atoms with Crippen molar-refractivity contribution in [2.24, 2.45) is 5.73 Å². The number of hydrogen-bond donors (Lipinski definition) is 2. The van der Waals surface area contributed by atoms with Crippen LogP contribution in [0.1, 0.15) is 5.56 Å². The van der Waals surface area contributed by atoms with Gasteiger partial charge in [0, 0.05) is 15.8 Å². The summed E-state index contributed by atoms with van der Waals surface area (Å²) in [5.41, 5.74) is 6.20. The van der Waals surface area contributed by atoms with E-state index in [4.69, 9.17) is 11.1 Å². The van der Waals surface area contributed by atoms with E-state index in [-0.39, 0.29) is 5.84 Å². The Morgan fingerprint density at radius 3 is 2.40 bits per heavy atom. The van der Waals surface area contributed by atoms with Crippen molar-refractivity contribution >= 4 is 21.3 Å². The lowest BCUT2D eigenvalue weighted by atomic mass is 10.2. The highest BCUT2D eigenvalue weighted by Crippen LogP contribution is 1.91. The fraction of sp³-hybridized carbons (Fsp3) is 0. The van der Waals surface area contributed by atoms with Gasteiger partial charge in [0.05, 0.1) is 0 Å². The number of hydrogen-bond acceptors (Lipinski definition) is 1. The molecule has 0 radical (unpaired) electrons. The molecule has 0 atom stereocenters. The van der Waals surface area contributed by atoms with Crippen molar-refractivity contribution in [3.05, 3.63) is 29.8 Å². The number of amidine groups is 1. The van der Waals surface area contributed by atoms with Crippen LogP contribution in [0.3, 0.4) is 0 Å². The zero-order chi connectivity index (χ0) is 7.56. The first-order valence-electron chi connectivity index (χ1n) is 3.12. The maximum Gasteiger partial charge on any atom is 0.122 e. The Bertz CT molecular complexity index is 258. The van der Waals surface area contributed by atoms with Crippen molar-refractivity contribution in [3.8, 4) is 0 Å². The summed E-state index contributed by atoms with van der Waals surface area (Å²) in [4.78, 5) is 0. The van der Waals surface area contributed by atoms with Crippen LogP contribution in [0.4, 0.5) is 0 Å². The predicted molar refractivity (Wildman–Crippen MR) is 47.0 cm³/mol. The summed E-state index contributed by atoms with van der Waals surface area (Å²) < 4.78 is 0. The lowest BCUT2D eigenvalue weighted by Gasteiger charge is -2.00. The maximum absolute atomic E-state index is 7.18. The van der Waals surface area contributed by atoms with Crippen molar-refractivity contribution in [1.29, 1.82) is 5.41 Å². The van der Waals surface area contributed by atoms with Crippen LogP contribution in [0.25, 0.3) is 0 Å². The molecule has 0 aliphatic carbocycles. The minimum Gasteiger partial charge on any atom is -0.384 e. The van der Waals surface area contributed by atoms with E-state index in [1.165, 1.54) is 5.19 Å². The van der Waals surface area contributed by atoms with Crippen molar-refractivity contribution in [2.75, 3.05) is 0 Å². The number of benzene rings is 1. The SMILES string of the molecule is N=C(N)c1ccccc1[SiH3]. The van der Waals surface area contributed by atoms with E-state index in [2.05, 4.69) is 0 Å². The molecule has 0 bridgehead atoms. The quantitative estimate of drug-likeness (QED) is 0.300. The molecule has 0 fully saturated rings. The van der Waals surface area contributed by atoms with Gasteiger partial charge in [0.2, 0.25) is 0 Å². The Morgan fingerprint density at radius 2 is 2.00 bits per heavy atom. The average Bonchev–Trinajstić information content (AvgIpc) is 1.88. The molecule has 52 valence electrons. The van der Waals surface area contributed by atoms with Gasteiger partial charge in [-0.15, -0.1) is 0 Å². The van der Waals surface area contributed by atoms with Gasteiger partial charge in [-0.05, 0) is 0 Å². The third-order valence-electron chi connectivity index (χ3n) is 1.44. The topological polar surface area (TPSA) is 49.9 Å². The third-order valence-corrected chi connectivity index (χ3v) is 2.31. The van der Waals surface area contributed by atoms with Gasteiger partial charge >= 0.3 is 0 Å². The lowest BCUT2D eigenvalue weighted by Crippen LogP contribution is -2.21. The normalized spacial score (nSPS) is 9.60. The van der Waals surface area contributed by atoms with Crippen LogP contribution in [0.2, 0.25) is 0 Å². The molecule has 0 unspecified atom stereocenters. The molecular weight excluding hydrogens is 140 g/mol. The molecule has 3 heteroatoms. The van der Waals surface area contributed by atoms with Gasteiger partial charge in [0.25, 0.3) is 0 Å². The van der Waals surface area contributed by atoms with Gasteiger partial charge in [-0.1, -0.05) is 29.5 Å². The van der Waals surface area contributed by atoms with Crippen LogP contribution < -0.4 is 10.9 Å². The highest BCUT2D eigenvalue weighted by Gasteiger charge is 1.96. The molecule has 0 saturated carbocycles. The van der Waals surface area contributed by atoms with Crippen LogP contribution in [0.15, 0.2) is 24.3 Å². The molecule has 0 aromatic heterocycles. The Kier molecular flexibility index (Phi) is 1.87.